The number of carbonyl (C=O) groups is 1. The molecule has 0 saturated carbocycles. The highest BCUT2D eigenvalue weighted by Crippen LogP contribution is 2.19. The number of rotatable bonds is 62. The smallest absolute Gasteiger partial charge is 0.249 e. The molecule has 5 N–H and O–H groups in total. The summed E-state index contributed by atoms with van der Waals surface area (Å²) < 4.78 is 0. The van der Waals surface area contributed by atoms with Crippen molar-refractivity contribution in [1.29, 1.82) is 0 Å². The SMILES string of the molecule is CCCCCCCCCCCCCCCCCCCCC/C=C/CC/C=C/CC/C=C/CCCC(O)C(O)C(CO)NC(=O)C(O)CCCCCCCCCCCCCCCCCCCCCCCCCCCC. The molecule has 0 fully saturated rings. The summed E-state index contributed by atoms with van der Waals surface area (Å²) in [5.74, 6) is -0.593. The van der Waals surface area contributed by atoms with E-state index < -0.39 is 36.9 Å². The van der Waals surface area contributed by atoms with Crippen LogP contribution < -0.4 is 5.32 Å². The molecule has 0 heterocycles. The first-order chi connectivity index (χ1) is 36.5. The second kappa shape index (κ2) is 62.4. The van der Waals surface area contributed by atoms with Crippen LogP contribution in [0, 0.1) is 0 Å². The number of unbranched alkanes of at least 4 members (excludes halogenated alkanes) is 47. The highest BCUT2D eigenvalue weighted by atomic mass is 16.3. The zero-order valence-corrected chi connectivity index (χ0v) is 49.9. The van der Waals surface area contributed by atoms with Gasteiger partial charge in [-0.3, -0.25) is 4.79 Å². The first-order valence-electron chi connectivity index (χ1n) is 33.4. The average molecular weight is 1040 g/mol. The lowest BCUT2D eigenvalue weighted by Crippen LogP contribution is -2.53. The van der Waals surface area contributed by atoms with Gasteiger partial charge in [0.05, 0.1) is 18.8 Å². The molecule has 0 aromatic carbocycles. The van der Waals surface area contributed by atoms with Crippen LogP contribution in [-0.4, -0.2) is 57.3 Å². The number of aliphatic hydroxyl groups is 4. The molecule has 1 amide bonds. The summed E-state index contributed by atoms with van der Waals surface area (Å²) in [7, 11) is 0. The first-order valence-corrected chi connectivity index (χ1v) is 33.4. The quantitative estimate of drug-likeness (QED) is 0.0308. The minimum absolute atomic E-state index is 0.362. The lowest BCUT2D eigenvalue weighted by Gasteiger charge is -2.27. The van der Waals surface area contributed by atoms with E-state index in [0.717, 1.165) is 51.4 Å². The van der Waals surface area contributed by atoms with Crippen LogP contribution in [0.15, 0.2) is 36.5 Å². The van der Waals surface area contributed by atoms with E-state index in [4.69, 9.17) is 0 Å². The van der Waals surface area contributed by atoms with E-state index in [1.807, 2.05) is 0 Å². The van der Waals surface area contributed by atoms with Gasteiger partial charge in [0.15, 0.2) is 0 Å². The van der Waals surface area contributed by atoms with Gasteiger partial charge < -0.3 is 25.7 Å². The fraction of sp³-hybridized carbons (Fsp3) is 0.897. The maximum Gasteiger partial charge on any atom is 0.249 e. The number of hydrogen-bond acceptors (Lipinski definition) is 5. The van der Waals surface area contributed by atoms with Gasteiger partial charge in [-0.2, -0.15) is 0 Å². The van der Waals surface area contributed by atoms with Gasteiger partial charge in [-0.25, -0.2) is 0 Å². The van der Waals surface area contributed by atoms with Gasteiger partial charge in [0, 0.05) is 0 Å². The predicted molar refractivity (Wildman–Crippen MR) is 325 cm³/mol. The number of aliphatic hydroxyl groups excluding tert-OH is 4. The molecule has 0 aliphatic rings. The van der Waals surface area contributed by atoms with Gasteiger partial charge in [0.2, 0.25) is 5.91 Å². The highest BCUT2D eigenvalue weighted by molar-refractivity contribution is 5.80. The lowest BCUT2D eigenvalue weighted by atomic mass is 10.00. The molecule has 4 unspecified atom stereocenters. The first kappa shape index (κ1) is 72.5. The Kier molecular flexibility index (Phi) is 61.1. The summed E-state index contributed by atoms with van der Waals surface area (Å²) >= 11 is 0. The van der Waals surface area contributed by atoms with Gasteiger partial charge >= 0.3 is 0 Å². The number of allylic oxidation sites excluding steroid dienone is 6. The van der Waals surface area contributed by atoms with E-state index in [2.05, 4.69) is 55.6 Å². The molecule has 4 atom stereocenters. The predicted octanol–water partition coefficient (Wildman–Crippen LogP) is 20.3. The molecular weight excluding hydrogens is 911 g/mol. The molecule has 0 aromatic heterocycles. The molecular formula is C68H131NO5. The molecule has 74 heavy (non-hydrogen) atoms. The second-order valence-corrected chi connectivity index (χ2v) is 23.2. The van der Waals surface area contributed by atoms with E-state index >= 15 is 0 Å². The summed E-state index contributed by atoms with van der Waals surface area (Å²) in [6.07, 6.45) is 79.8. The highest BCUT2D eigenvalue weighted by Gasteiger charge is 2.28. The zero-order valence-electron chi connectivity index (χ0n) is 49.9. The number of nitrogens with one attached hydrogen (secondary N) is 1. The van der Waals surface area contributed by atoms with Crippen LogP contribution in [0.3, 0.4) is 0 Å². The third kappa shape index (κ3) is 55.3. The third-order valence-corrected chi connectivity index (χ3v) is 15.8. The Bertz CT molecular complexity index is 1170. The molecule has 0 aliphatic heterocycles. The van der Waals surface area contributed by atoms with Gasteiger partial charge in [-0.1, -0.05) is 333 Å². The molecule has 438 valence electrons. The van der Waals surface area contributed by atoms with Gasteiger partial charge in [-0.05, 0) is 64.2 Å². The van der Waals surface area contributed by atoms with E-state index in [1.165, 1.54) is 276 Å². The average Bonchev–Trinajstić information content (AvgIpc) is 3.41. The van der Waals surface area contributed by atoms with Crippen molar-refractivity contribution in [2.24, 2.45) is 0 Å². The molecule has 0 bridgehead atoms. The van der Waals surface area contributed by atoms with Gasteiger partial charge in [-0.15, -0.1) is 0 Å². The number of amides is 1. The normalized spacial score (nSPS) is 13.8. The van der Waals surface area contributed by atoms with Crippen molar-refractivity contribution in [1.82, 2.24) is 5.32 Å². The fourth-order valence-electron chi connectivity index (χ4n) is 10.6. The number of hydrogen-bond donors (Lipinski definition) is 5. The lowest BCUT2D eigenvalue weighted by molar-refractivity contribution is -0.132. The van der Waals surface area contributed by atoms with Crippen LogP contribution in [0.1, 0.15) is 361 Å². The van der Waals surface area contributed by atoms with Crippen molar-refractivity contribution < 1.29 is 25.2 Å². The summed E-state index contributed by atoms with van der Waals surface area (Å²) in [6, 6.07) is -1.01. The van der Waals surface area contributed by atoms with Crippen LogP contribution in [0.4, 0.5) is 0 Å². The maximum atomic E-state index is 12.6. The maximum absolute atomic E-state index is 12.6. The Balaban J connectivity index is 3.62. The topological polar surface area (TPSA) is 110 Å². The molecule has 0 rings (SSSR count). The zero-order chi connectivity index (χ0) is 53.7. The monoisotopic (exact) mass is 1040 g/mol. The molecule has 0 radical (unpaired) electrons. The third-order valence-electron chi connectivity index (χ3n) is 15.8. The molecule has 0 aromatic rings. The van der Waals surface area contributed by atoms with E-state index in [0.29, 0.717) is 19.3 Å². The van der Waals surface area contributed by atoms with Gasteiger partial charge in [0.25, 0.3) is 0 Å². The van der Waals surface area contributed by atoms with Crippen LogP contribution in [0.2, 0.25) is 0 Å². The number of carbonyl (C=O) groups excluding carboxylic acids is 1. The summed E-state index contributed by atoms with van der Waals surface area (Å²) in [6.45, 7) is 4.09. The van der Waals surface area contributed by atoms with Crippen molar-refractivity contribution >= 4 is 5.91 Å². The van der Waals surface area contributed by atoms with Crippen molar-refractivity contribution in [2.45, 2.75) is 385 Å². The molecule has 6 heteroatoms. The van der Waals surface area contributed by atoms with Crippen molar-refractivity contribution in [3.8, 4) is 0 Å². The Labute approximate surface area is 462 Å². The Morgan fingerprint density at radius 3 is 0.851 bits per heavy atom. The fourth-order valence-corrected chi connectivity index (χ4v) is 10.6. The Morgan fingerprint density at radius 2 is 0.568 bits per heavy atom. The molecule has 0 aliphatic carbocycles. The Hall–Kier alpha value is -1.47. The summed E-state index contributed by atoms with van der Waals surface area (Å²) in [4.78, 5) is 12.6. The van der Waals surface area contributed by atoms with E-state index in [1.54, 1.807) is 0 Å². The van der Waals surface area contributed by atoms with Gasteiger partial charge in [0.1, 0.15) is 12.2 Å². The van der Waals surface area contributed by atoms with E-state index in [-0.39, 0.29) is 0 Å². The molecule has 0 saturated heterocycles. The summed E-state index contributed by atoms with van der Waals surface area (Å²) in [5.41, 5.74) is 0. The van der Waals surface area contributed by atoms with Crippen LogP contribution in [0.25, 0.3) is 0 Å². The van der Waals surface area contributed by atoms with Crippen molar-refractivity contribution in [3.63, 3.8) is 0 Å². The van der Waals surface area contributed by atoms with Crippen molar-refractivity contribution in [2.75, 3.05) is 6.61 Å². The minimum atomic E-state index is -1.29. The van der Waals surface area contributed by atoms with Crippen molar-refractivity contribution in [3.05, 3.63) is 36.5 Å². The minimum Gasteiger partial charge on any atom is -0.394 e. The van der Waals surface area contributed by atoms with Crippen LogP contribution >= 0.6 is 0 Å². The largest absolute Gasteiger partial charge is 0.394 e. The Morgan fingerprint density at radius 1 is 0.324 bits per heavy atom. The van der Waals surface area contributed by atoms with E-state index in [9.17, 15) is 25.2 Å². The molecule has 6 nitrogen and oxygen atoms in total. The van der Waals surface area contributed by atoms with Crippen LogP contribution in [-0.2, 0) is 4.79 Å². The van der Waals surface area contributed by atoms with Crippen LogP contribution in [0.5, 0.6) is 0 Å². The molecule has 0 spiro atoms. The standard InChI is InChI=1S/C68H131NO5/c1-3-5-7-9-11-13-15-17-19-21-23-25-27-29-31-32-33-34-35-36-38-39-41-43-45-47-49-51-53-55-57-59-61-65(71)67(73)64(63-70)69-68(74)66(72)62-60-58-56-54-52-50-48-46-44-42-40-37-30-28-26-24-22-20-18-16-14-12-10-8-6-4-2/h38-39,45,47,53,55,64-67,70-73H,3-37,40-44,46,48-52,54,56-63H2,1-2H3,(H,69,74)/b39-38+,47-45+,55-53+. The second-order valence-electron chi connectivity index (χ2n) is 23.2. The summed E-state index contributed by atoms with van der Waals surface area (Å²) in [5, 5.41) is 44.1.